The van der Waals surface area contributed by atoms with Gasteiger partial charge in [0.25, 0.3) is 0 Å². The molecule has 2 N–H and O–H groups in total. The summed E-state index contributed by atoms with van der Waals surface area (Å²) in [4.78, 5) is 25.6. The second-order valence-corrected chi connectivity index (χ2v) is 7.16. The molecule has 0 aromatic heterocycles. The van der Waals surface area contributed by atoms with Crippen LogP contribution in [0.1, 0.15) is 26.2 Å². The second kappa shape index (κ2) is 6.61. The molecule has 6 heteroatoms. The largest absolute Gasteiger partial charge is 0.346 e. The van der Waals surface area contributed by atoms with E-state index < -0.39 is 5.91 Å². The van der Waals surface area contributed by atoms with Gasteiger partial charge in [-0.25, -0.2) is 0 Å². The van der Waals surface area contributed by atoms with Crippen molar-refractivity contribution in [3.63, 3.8) is 0 Å². The fourth-order valence-electron chi connectivity index (χ4n) is 2.51. The van der Waals surface area contributed by atoms with Crippen LogP contribution in [0.4, 0.5) is 0 Å². The van der Waals surface area contributed by atoms with Crippen molar-refractivity contribution in [2.45, 2.75) is 30.9 Å². The van der Waals surface area contributed by atoms with Crippen molar-refractivity contribution in [1.29, 1.82) is 0 Å². The van der Waals surface area contributed by atoms with Crippen LogP contribution in [-0.4, -0.2) is 59.9 Å². The van der Waals surface area contributed by atoms with Crippen LogP contribution in [0, 0.1) is 0 Å². The highest BCUT2D eigenvalue weighted by atomic mass is 32.2. The lowest BCUT2D eigenvalue weighted by Crippen LogP contribution is -2.47. The van der Waals surface area contributed by atoms with Gasteiger partial charge in [-0.2, -0.15) is 11.8 Å². The Morgan fingerprint density at radius 1 is 1.32 bits per heavy atom. The molecule has 0 aromatic carbocycles. The van der Waals surface area contributed by atoms with E-state index in [2.05, 4.69) is 17.6 Å². The predicted molar refractivity (Wildman–Crippen MR) is 77.2 cm³/mol. The zero-order chi connectivity index (χ0) is 13.7. The zero-order valence-corrected chi connectivity index (χ0v) is 12.4. The molecule has 1 atom stereocenters. The molecule has 108 valence electrons. The molecule has 2 fully saturated rings. The monoisotopic (exact) mass is 285 g/mol. The number of nitrogens with one attached hydrogen (secondary N) is 2. The Labute approximate surface area is 118 Å². The van der Waals surface area contributed by atoms with E-state index in [0.717, 1.165) is 31.7 Å². The molecular formula is C13H23N3O2S. The van der Waals surface area contributed by atoms with E-state index in [-0.39, 0.29) is 10.7 Å². The first-order chi connectivity index (χ1) is 9.11. The Kier molecular flexibility index (Phi) is 5.10. The van der Waals surface area contributed by atoms with E-state index in [4.69, 9.17) is 0 Å². The van der Waals surface area contributed by atoms with Crippen LogP contribution in [0.15, 0.2) is 0 Å². The minimum absolute atomic E-state index is 0.107. The van der Waals surface area contributed by atoms with Crippen molar-refractivity contribution >= 4 is 23.6 Å². The maximum Gasteiger partial charge on any atom is 0.311 e. The van der Waals surface area contributed by atoms with Crippen LogP contribution in [0.3, 0.4) is 0 Å². The SMILES string of the molecule is CC1(CNC(=O)C(=O)N2CCCNCC2)CCCS1. The van der Waals surface area contributed by atoms with E-state index >= 15 is 0 Å². The smallest absolute Gasteiger partial charge is 0.311 e. The van der Waals surface area contributed by atoms with Gasteiger partial charge in [-0.05, 0) is 38.5 Å². The molecule has 0 saturated carbocycles. The lowest BCUT2D eigenvalue weighted by molar-refractivity contribution is -0.145. The van der Waals surface area contributed by atoms with Crippen molar-refractivity contribution in [1.82, 2.24) is 15.5 Å². The Balaban J connectivity index is 1.79. The van der Waals surface area contributed by atoms with Crippen LogP contribution in [0.2, 0.25) is 0 Å². The summed E-state index contributed by atoms with van der Waals surface area (Å²) in [7, 11) is 0. The fourth-order valence-corrected chi connectivity index (χ4v) is 3.76. The quantitative estimate of drug-likeness (QED) is 0.712. The summed E-state index contributed by atoms with van der Waals surface area (Å²) in [6, 6.07) is 0. The summed E-state index contributed by atoms with van der Waals surface area (Å²) in [5.41, 5.74) is 0. The molecule has 1 unspecified atom stereocenters. The molecule has 2 aliphatic heterocycles. The number of carbonyl (C=O) groups is 2. The average molecular weight is 285 g/mol. The third-order valence-electron chi connectivity index (χ3n) is 3.74. The highest BCUT2D eigenvalue weighted by Crippen LogP contribution is 2.36. The second-order valence-electron chi connectivity index (χ2n) is 5.48. The van der Waals surface area contributed by atoms with Crippen LogP contribution in [0.5, 0.6) is 0 Å². The van der Waals surface area contributed by atoms with Crippen molar-refractivity contribution in [3.05, 3.63) is 0 Å². The zero-order valence-electron chi connectivity index (χ0n) is 11.5. The van der Waals surface area contributed by atoms with Gasteiger partial charge in [0.1, 0.15) is 0 Å². The molecule has 2 amide bonds. The first kappa shape index (κ1) is 14.7. The summed E-state index contributed by atoms with van der Waals surface area (Å²) >= 11 is 1.89. The number of hydrogen-bond acceptors (Lipinski definition) is 4. The molecule has 0 spiro atoms. The molecule has 2 aliphatic rings. The van der Waals surface area contributed by atoms with E-state index in [9.17, 15) is 9.59 Å². The van der Waals surface area contributed by atoms with Crippen LogP contribution < -0.4 is 10.6 Å². The molecule has 0 aliphatic carbocycles. The molecule has 2 saturated heterocycles. The molecule has 0 radical (unpaired) electrons. The Hall–Kier alpha value is -0.750. The average Bonchev–Trinajstić information content (AvgIpc) is 2.68. The number of hydrogen-bond donors (Lipinski definition) is 2. The predicted octanol–water partition coefficient (Wildman–Crippen LogP) is 0.210. The molecule has 0 bridgehead atoms. The minimum Gasteiger partial charge on any atom is -0.346 e. The van der Waals surface area contributed by atoms with Crippen LogP contribution >= 0.6 is 11.8 Å². The first-order valence-corrected chi connectivity index (χ1v) is 8.01. The van der Waals surface area contributed by atoms with Gasteiger partial charge in [0, 0.05) is 30.9 Å². The van der Waals surface area contributed by atoms with Gasteiger partial charge in [-0.15, -0.1) is 0 Å². The maximum absolute atomic E-state index is 12.0. The van der Waals surface area contributed by atoms with Gasteiger partial charge in [-0.1, -0.05) is 0 Å². The lowest BCUT2D eigenvalue weighted by Gasteiger charge is -2.24. The molecule has 2 rings (SSSR count). The Morgan fingerprint density at radius 3 is 2.89 bits per heavy atom. The number of carbonyl (C=O) groups excluding carboxylic acids is 2. The Bertz CT molecular complexity index is 335. The fraction of sp³-hybridized carbons (Fsp3) is 0.846. The molecule has 19 heavy (non-hydrogen) atoms. The maximum atomic E-state index is 12.0. The van der Waals surface area contributed by atoms with Crippen LogP contribution in [0.25, 0.3) is 0 Å². The third kappa shape index (κ3) is 4.11. The molecule has 0 aromatic rings. The number of rotatable bonds is 2. The molecule has 5 nitrogen and oxygen atoms in total. The summed E-state index contributed by atoms with van der Waals surface area (Å²) < 4.78 is 0.107. The standard InChI is InChI=1S/C13H23N3O2S/c1-13(4-2-9-19-13)10-15-11(17)12(18)16-7-3-5-14-6-8-16/h14H,2-10H2,1H3,(H,15,17). The van der Waals surface area contributed by atoms with Crippen LogP contribution in [-0.2, 0) is 9.59 Å². The van der Waals surface area contributed by atoms with E-state index in [1.54, 1.807) is 4.90 Å². The van der Waals surface area contributed by atoms with Crippen molar-refractivity contribution in [3.8, 4) is 0 Å². The van der Waals surface area contributed by atoms with Crippen molar-refractivity contribution in [2.75, 3.05) is 38.5 Å². The summed E-state index contributed by atoms with van der Waals surface area (Å²) in [5, 5.41) is 6.04. The van der Waals surface area contributed by atoms with Gasteiger partial charge >= 0.3 is 11.8 Å². The van der Waals surface area contributed by atoms with Crippen molar-refractivity contribution in [2.24, 2.45) is 0 Å². The summed E-state index contributed by atoms with van der Waals surface area (Å²) in [5.74, 6) is 0.323. The van der Waals surface area contributed by atoms with Gasteiger partial charge in [0.2, 0.25) is 0 Å². The number of thioether (sulfide) groups is 1. The van der Waals surface area contributed by atoms with Gasteiger partial charge in [0.05, 0.1) is 0 Å². The number of amides is 2. The normalized spacial score (nSPS) is 27.9. The summed E-state index contributed by atoms with van der Waals surface area (Å²) in [6.45, 7) is 5.73. The highest BCUT2D eigenvalue weighted by molar-refractivity contribution is 8.00. The number of nitrogens with zero attached hydrogens (tertiary/aromatic N) is 1. The molecule has 2 heterocycles. The Morgan fingerprint density at radius 2 is 2.16 bits per heavy atom. The van der Waals surface area contributed by atoms with Gasteiger partial charge in [0.15, 0.2) is 0 Å². The van der Waals surface area contributed by atoms with E-state index in [1.165, 1.54) is 6.42 Å². The van der Waals surface area contributed by atoms with E-state index in [1.807, 2.05) is 11.8 Å². The lowest BCUT2D eigenvalue weighted by atomic mass is 10.1. The third-order valence-corrected chi connectivity index (χ3v) is 5.28. The van der Waals surface area contributed by atoms with Gasteiger partial charge < -0.3 is 15.5 Å². The molecular weight excluding hydrogens is 262 g/mol. The van der Waals surface area contributed by atoms with E-state index in [0.29, 0.717) is 19.6 Å². The van der Waals surface area contributed by atoms with Crippen molar-refractivity contribution < 1.29 is 9.59 Å². The minimum atomic E-state index is -0.448. The summed E-state index contributed by atoms with van der Waals surface area (Å²) in [6.07, 6.45) is 3.22. The van der Waals surface area contributed by atoms with Gasteiger partial charge in [-0.3, -0.25) is 9.59 Å². The highest BCUT2D eigenvalue weighted by Gasteiger charge is 2.31. The topological polar surface area (TPSA) is 61.4 Å². The first-order valence-electron chi connectivity index (χ1n) is 7.02.